The molecule has 108 valence electrons. The Balaban J connectivity index is 3.28. The molecule has 0 bridgehead atoms. The number of halogens is 3. The van der Waals surface area contributed by atoms with E-state index in [-0.39, 0.29) is 18.4 Å². The minimum Gasteiger partial charge on any atom is -0.394 e. The van der Waals surface area contributed by atoms with E-state index in [1.165, 1.54) is 11.9 Å². The number of aliphatic hydroxyl groups is 1. The van der Waals surface area contributed by atoms with Gasteiger partial charge in [-0.1, -0.05) is 0 Å². The van der Waals surface area contributed by atoms with Crippen LogP contribution in [0.4, 0.5) is 24.9 Å². The zero-order valence-corrected chi connectivity index (χ0v) is 10.8. The molecule has 0 aromatic carbocycles. The Kier molecular flexibility index (Phi) is 4.21. The molecule has 6 nitrogen and oxygen atoms in total. The Morgan fingerprint density at radius 1 is 1.37 bits per heavy atom. The topological polar surface area (TPSA) is 87.3 Å². The summed E-state index contributed by atoms with van der Waals surface area (Å²) in [5.74, 6) is 4.73. The maximum Gasteiger partial charge on any atom is 0.433 e. The van der Waals surface area contributed by atoms with E-state index in [2.05, 4.69) is 9.97 Å². The van der Waals surface area contributed by atoms with Gasteiger partial charge in [-0.25, -0.2) is 10.8 Å². The van der Waals surface area contributed by atoms with Crippen LogP contribution in [0.5, 0.6) is 0 Å². The molecule has 0 saturated heterocycles. The number of nitrogens with one attached hydrogen (secondary N) is 1. The van der Waals surface area contributed by atoms with Crippen LogP contribution in [0.2, 0.25) is 0 Å². The van der Waals surface area contributed by atoms with Gasteiger partial charge >= 0.3 is 6.18 Å². The second kappa shape index (κ2) is 5.17. The molecule has 0 unspecified atom stereocenters. The highest BCUT2D eigenvalue weighted by Crippen LogP contribution is 2.31. The summed E-state index contributed by atoms with van der Waals surface area (Å²) in [6.45, 7) is 3.08. The van der Waals surface area contributed by atoms with Crippen LogP contribution < -0.4 is 16.2 Å². The van der Waals surface area contributed by atoms with Crippen molar-refractivity contribution in [1.29, 1.82) is 0 Å². The van der Waals surface area contributed by atoms with Crippen molar-refractivity contribution < 1.29 is 18.3 Å². The number of alkyl halides is 3. The lowest BCUT2D eigenvalue weighted by Gasteiger charge is -2.35. The standard InChI is InChI=1S/C10H16F3N5O/c1-9(2,5-19)18(3)7-4-6(10(11,12)13)15-8(16-7)17-14/h4,19H,5,14H2,1-3H3,(H,15,16,17). The minimum atomic E-state index is -4.60. The van der Waals surface area contributed by atoms with Gasteiger partial charge in [0.1, 0.15) is 5.82 Å². The Labute approximate surface area is 108 Å². The van der Waals surface area contributed by atoms with Crippen LogP contribution in [0.1, 0.15) is 19.5 Å². The summed E-state index contributed by atoms with van der Waals surface area (Å²) in [6.07, 6.45) is -4.60. The molecule has 0 aliphatic heterocycles. The lowest BCUT2D eigenvalue weighted by Crippen LogP contribution is -2.45. The third kappa shape index (κ3) is 3.44. The highest BCUT2D eigenvalue weighted by atomic mass is 19.4. The largest absolute Gasteiger partial charge is 0.433 e. The molecule has 1 heterocycles. The maximum atomic E-state index is 12.7. The number of aliphatic hydroxyl groups excluding tert-OH is 1. The van der Waals surface area contributed by atoms with Crippen molar-refractivity contribution in [3.8, 4) is 0 Å². The van der Waals surface area contributed by atoms with Crippen molar-refractivity contribution in [2.45, 2.75) is 25.6 Å². The first-order valence-corrected chi connectivity index (χ1v) is 5.39. The number of rotatable bonds is 4. The Bertz CT molecular complexity index is 449. The Morgan fingerprint density at radius 2 is 1.95 bits per heavy atom. The second-order valence-corrected chi connectivity index (χ2v) is 4.61. The highest BCUT2D eigenvalue weighted by molar-refractivity contribution is 5.46. The normalized spacial score (nSPS) is 12.4. The van der Waals surface area contributed by atoms with Crippen LogP contribution in [0, 0.1) is 0 Å². The summed E-state index contributed by atoms with van der Waals surface area (Å²) in [7, 11) is 1.53. The van der Waals surface area contributed by atoms with Crippen LogP contribution in [-0.4, -0.2) is 34.3 Å². The summed E-state index contributed by atoms with van der Waals surface area (Å²) in [5, 5.41) is 9.23. The molecule has 0 radical (unpaired) electrons. The summed E-state index contributed by atoms with van der Waals surface area (Å²) in [5.41, 5.74) is 0.113. The van der Waals surface area contributed by atoms with Crippen molar-refractivity contribution in [2.75, 3.05) is 24.0 Å². The summed E-state index contributed by atoms with van der Waals surface area (Å²) in [6, 6.07) is 0.804. The van der Waals surface area contributed by atoms with Gasteiger partial charge in [-0.3, -0.25) is 5.43 Å². The van der Waals surface area contributed by atoms with Crippen LogP contribution >= 0.6 is 0 Å². The number of nitrogens with two attached hydrogens (primary N) is 1. The summed E-state index contributed by atoms with van der Waals surface area (Å²) in [4.78, 5) is 8.52. The van der Waals surface area contributed by atoms with E-state index in [1.54, 1.807) is 13.8 Å². The zero-order valence-electron chi connectivity index (χ0n) is 10.8. The fourth-order valence-electron chi connectivity index (χ4n) is 1.23. The fourth-order valence-corrected chi connectivity index (χ4v) is 1.23. The molecule has 0 saturated carbocycles. The minimum absolute atomic E-state index is 0.00863. The van der Waals surface area contributed by atoms with E-state index < -0.39 is 17.4 Å². The molecule has 0 aliphatic rings. The number of hydrogen-bond acceptors (Lipinski definition) is 6. The third-order valence-electron chi connectivity index (χ3n) is 2.77. The SMILES string of the molecule is CN(c1cc(C(F)(F)F)nc(NN)n1)C(C)(C)CO. The number of likely N-dealkylation sites (N-methyl/N-ethyl adjacent to an activating group) is 1. The van der Waals surface area contributed by atoms with Crippen molar-refractivity contribution in [1.82, 2.24) is 9.97 Å². The van der Waals surface area contributed by atoms with Gasteiger partial charge in [-0.15, -0.1) is 0 Å². The molecule has 0 fully saturated rings. The second-order valence-electron chi connectivity index (χ2n) is 4.61. The first-order valence-electron chi connectivity index (χ1n) is 5.39. The van der Waals surface area contributed by atoms with E-state index in [0.29, 0.717) is 0 Å². The van der Waals surface area contributed by atoms with Gasteiger partial charge < -0.3 is 10.0 Å². The smallest absolute Gasteiger partial charge is 0.394 e. The molecule has 0 spiro atoms. The molecule has 1 aromatic heterocycles. The molecule has 4 N–H and O–H groups in total. The molecular weight excluding hydrogens is 263 g/mol. The van der Waals surface area contributed by atoms with Crippen molar-refractivity contribution in [2.24, 2.45) is 5.84 Å². The highest BCUT2D eigenvalue weighted by Gasteiger charge is 2.35. The third-order valence-corrected chi connectivity index (χ3v) is 2.77. The number of hydrazine groups is 1. The maximum absolute atomic E-state index is 12.7. The van der Waals surface area contributed by atoms with Crippen molar-refractivity contribution in [3.63, 3.8) is 0 Å². The molecule has 19 heavy (non-hydrogen) atoms. The van der Waals surface area contributed by atoms with E-state index in [9.17, 15) is 18.3 Å². The fraction of sp³-hybridized carbons (Fsp3) is 0.600. The van der Waals surface area contributed by atoms with Crippen molar-refractivity contribution >= 4 is 11.8 Å². The average molecular weight is 279 g/mol. The quantitative estimate of drug-likeness (QED) is 0.563. The molecule has 0 aliphatic carbocycles. The van der Waals surface area contributed by atoms with Gasteiger partial charge in [0, 0.05) is 13.1 Å². The van der Waals surface area contributed by atoms with Gasteiger partial charge in [0.25, 0.3) is 0 Å². The molecule has 1 rings (SSSR count). The number of nitrogen functional groups attached to an aromatic ring is 1. The van der Waals surface area contributed by atoms with E-state index >= 15 is 0 Å². The Morgan fingerprint density at radius 3 is 2.37 bits per heavy atom. The number of aromatic nitrogens is 2. The number of hydrogen-bond donors (Lipinski definition) is 3. The van der Waals surface area contributed by atoms with E-state index in [4.69, 9.17) is 5.84 Å². The van der Waals surface area contributed by atoms with Gasteiger partial charge in [0.15, 0.2) is 5.69 Å². The molecule has 0 amide bonds. The van der Waals surface area contributed by atoms with Gasteiger partial charge in [0.2, 0.25) is 5.95 Å². The lowest BCUT2D eigenvalue weighted by molar-refractivity contribution is -0.141. The first kappa shape index (κ1) is 15.4. The number of nitrogens with zero attached hydrogens (tertiary/aromatic N) is 3. The Hall–Kier alpha value is -1.61. The first-order chi connectivity index (χ1) is 8.61. The van der Waals surface area contributed by atoms with E-state index in [0.717, 1.165) is 6.07 Å². The van der Waals surface area contributed by atoms with Crippen molar-refractivity contribution in [3.05, 3.63) is 11.8 Å². The molecule has 0 atom stereocenters. The average Bonchev–Trinajstić information content (AvgIpc) is 2.36. The van der Waals surface area contributed by atoms with Crippen LogP contribution in [-0.2, 0) is 6.18 Å². The molecular formula is C10H16F3N5O. The number of anilines is 2. The van der Waals surface area contributed by atoms with Gasteiger partial charge in [-0.2, -0.15) is 18.2 Å². The zero-order chi connectivity index (χ0) is 14.8. The van der Waals surface area contributed by atoms with Crippen LogP contribution in [0.15, 0.2) is 6.07 Å². The lowest BCUT2D eigenvalue weighted by atomic mass is 10.1. The predicted molar refractivity (Wildman–Crippen MR) is 64.4 cm³/mol. The monoisotopic (exact) mass is 279 g/mol. The molecule has 9 heteroatoms. The predicted octanol–water partition coefficient (Wildman–Crippen LogP) is 0.988. The van der Waals surface area contributed by atoms with Crippen LogP contribution in [0.3, 0.4) is 0 Å². The van der Waals surface area contributed by atoms with Gasteiger partial charge in [0.05, 0.1) is 12.1 Å². The van der Waals surface area contributed by atoms with Gasteiger partial charge in [-0.05, 0) is 13.8 Å². The summed E-state index contributed by atoms with van der Waals surface area (Å²) < 4.78 is 38.1. The summed E-state index contributed by atoms with van der Waals surface area (Å²) >= 11 is 0. The van der Waals surface area contributed by atoms with Crippen LogP contribution in [0.25, 0.3) is 0 Å². The molecule has 1 aromatic rings. The van der Waals surface area contributed by atoms with E-state index in [1.807, 2.05) is 5.43 Å².